The van der Waals surface area contributed by atoms with Crippen molar-refractivity contribution in [2.45, 2.75) is 13.8 Å². The van der Waals surface area contributed by atoms with Crippen LogP contribution in [0.1, 0.15) is 21.5 Å². The molecule has 0 spiro atoms. The first-order valence-corrected chi connectivity index (χ1v) is 6.25. The average molecular weight is 328 g/mol. The van der Waals surface area contributed by atoms with Gasteiger partial charge in [-0.3, -0.25) is 5.32 Å². The Kier molecular flexibility index (Phi) is 5.11. The van der Waals surface area contributed by atoms with Gasteiger partial charge in [-0.2, -0.15) is 0 Å². The summed E-state index contributed by atoms with van der Waals surface area (Å²) in [5.41, 5.74) is 1.64. The van der Waals surface area contributed by atoms with E-state index in [-0.39, 0.29) is 12.2 Å². The smallest absolute Gasteiger partial charge is 0.411 e. The number of amides is 1. The van der Waals surface area contributed by atoms with E-state index >= 15 is 0 Å². The summed E-state index contributed by atoms with van der Waals surface area (Å²) in [7, 11) is 0. The molecule has 0 saturated carbocycles. The summed E-state index contributed by atoms with van der Waals surface area (Å²) >= 11 is 3.29. The zero-order valence-corrected chi connectivity index (χ0v) is 12.2. The highest BCUT2D eigenvalue weighted by Crippen LogP contribution is 2.31. The van der Waals surface area contributed by atoms with E-state index in [1.165, 1.54) is 6.08 Å². The highest BCUT2D eigenvalue weighted by Gasteiger charge is 2.18. The maximum absolute atomic E-state index is 11.5. The summed E-state index contributed by atoms with van der Waals surface area (Å²) in [6.07, 6.45) is 0.781. The van der Waals surface area contributed by atoms with E-state index in [1.807, 2.05) is 0 Å². The number of carbonyl (C=O) groups excluding carboxylic acids is 1. The zero-order valence-electron chi connectivity index (χ0n) is 10.6. The van der Waals surface area contributed by atoms with E-state index in [2.05, 4.69) is 27.8 Å². The van der Waals surface area contributed by atoms with Gasteiger partial charge in [-0.1, -0.05) is 12.7 Å². The van der Waals surface area contributed by atoms with Gasteiger partial charge in [0.1, 0.15) is 6.61 Å². The van der Waals surface area contributed by atoms with E-state index in [9.17, 15) is 9.59 Å². The molecule has 1 rings (SSSR count). The van der Waals surface area contributed by atoms with Crippen LogP contribution < -0.4 is 5.32 Å². The van der Waals surface area contributed by atoms with E-state index in [0.29, 0.717) is 21.3 Å². The Morgan fingerprint density at radius 2 is 2.16 bits per heavy atom. The lowest BCUT2D eigenvalue weighted by Crippen LogP contribution is -2.16. The fraction of sp³-hybridized carbons (Fsp3) is 0.231. The highest BCUT2D eigenvalue weighted by atomic mass is 79.9. The van der Waals surface area contributed by atoms with Gasteiger partial charge in [0.25, 0.3) is 0 Å². The van der Waals surface area contributed by atoms with Crippen LogP contribution in [0.15, 0.2) is 23.2 Å². The number of hydrogen-bond acceptors (Lipinski definition) is 3. The second kappa shape index (κ2) is 6.38. The molecule has 0 unspecified atom stereocenters. The number of carbonyl (C=O) groups is 2. The minimum Gasteiger partial charge on any atom is -0.478 e. The largest absolute Gasteiger partial charge is 0.478 e. The number of ether oxygens (including phenoxy) is 1. The van der Waals surface area contributed by atoms with Gasteiger partial charge >= 0.3 is 12.1 Å². The number of aryl methyl sites for hydroxylation is 1. The maximum atomic E-state index is 11.5. The molecule has 1 amide bonds. The number of carboxylic acid groups (broad SMARTS) is 1. The van der Waals surface area contributed by atoms with Crippen molar-refractivity contribution < 1.29 is 19.4 Å². The molecule has 0 heterocycles. The molecular weight excluding hydrogens is 314 g/mol. The van der Waals surface area contributed by atoms with Crippen LogP contribution in [0.25, 0.3) is 0 Å². The number of hydrogen-bond donors (Lipinski definition) is 2. The Hall–Kier alpha value is -1.82. The number of benzene rings is 1. The topological polar surface area (TPSA) is 75.6 Å². The minimum absolute atomic E-state index is 0.0835. The van der Waals surface area contributed by atoms with Crippen LogP contribution in [-0.2, 0) is 4.74 Å². The van der Waals surface area contributed by atoms with Gasteiger partial charge < -0.3 is 9.84 Å². The summed E-state index contributed by atoms with van der Waals surface area (Å²) < 4.78 is 5.40. The summed E-state index contributed by atoms with van der Waals surface area (Å²) in [5, 5.41) is 11.7. The van der Waals surface area contributed by atoms with Gasteiger partial charge in [-0.15, -0.1) is 0 Å². The maximum Gasteiger partial charge on any atom is 0.411 e. The number of aromatic carboxylic acids is 1. The van der Waals surface area contributed by atoms with Crippen molar-refractivity contribution in [2.24, 2.45) is 0 Å². The van der Waals surface area contributed by atoms with Gasteiger partial charge in [0, 0.05) is 4.47 Å². The van der Waals surface area contributed by atoms with E-state index in [1.54, 1.807) is 19.9 Å². The molecule has 1 aromatic rings. The molecule has 0 aromatic heterocycles. The van der Waals surface area contributed by atoms with Crippen molar-refractivity contribution in [3.05, 3.63) is 39.9 Å². The first-order chi connectivity index (χ1) is 8.88. The quantitative estimate of drug-likeness (QED) is 0.830. The van der Waals surface area contributed by atoms with Crippen LogP contribution in [0.4, 0.5) is 10.5 Å². The molecule has 5 nitrogen and oxygen atoms in total. The lowest BCUT2D eigenvalue weighted by Gasteiger charge is -2.14. The molecule has 0 fully saturated rings. The molecule has 0 aliphatic carbocycles. The molecule has 0 aliphatic heterocycles. The number of halogens is 1. The van der Waals surface area contributed by atoms with Crippen LogP contribution in [-0.4, -0.2) is 23.8 Å². The Labute approximate surface area is 119 Å². The molecule has 19 heavy (non-hydrogen) atoms. The van der Waals surface area contributed by atoms with Gasteiger partial charge in [0.05, 0.1) is 11.3 Å². The summed E-state index contributed by atoms with van der Waals surface area (Å²) in [4.78, 5) is 22.7. The number of nitrogens with one attached hydrogen (secondary N) is 1. The predicted octanol–water partition coefficient (Wildman–Crippen LogP) is 3.50. The highest BCUT2D eigenvalue weighted by molar-refractivity contribution is 9.10. The summed E-state index contributed by atoms with van der Waals surface area (Å²) in [5.74, 6) is -1.04. The van der Waals surface area contributed by atoms with Crippen molar-refractivity contribution in [1.82, 2.24) is 0 Å². The van der Waals surface area contributed by atoms with Gasteiger partial charge in [0.2, 0.25) is 0 Å². The van der Waals surface area contributed by atoms with Crippen molar-refractivity contribution in [3.8, 4) is 0 Å². The van der Waals surface area contributed by atoms with Gasteiger partial charge in [-0.25, -0.2) is 9.59 Å². The third-order valence-corrected chi connectivity index (χ3v) is 3.13. The lowest BCUT2D eigenvalue weighted by molar-refractivity contribution is 0.0695. The number of carboxylic acids is 1. The third-order valence-electron chi connectivity index (χ3n) is 2.50. The molecule has 0 bridgehead atoms. The first-order valence-electron chi connectivity index (χ1n) is 5.46. The lowest BCUT2D eigenvalue weighted by atomic mass is 10.0. The molecule has 0 atom stereocenters. The van der Waals surface area contributed by atoms with E-state index in [4.69, 9.17) is 9.84 Å². The normalized spacial score (nSPS) is 9.84. The second-order valence-corrected chi connectivity index (χ2v) is 4.72. The van der Waals surface area contributed by atoms with Crippen molar-refractivity contribution in [1.29, 1.82) is 0 Å². The molecule has 2 N–H and O–H groups in total. The first kappa shape index (κ1) is 15.2. The zero-order chi connectivity index (χ0) is 14.6. The van der Waals surface area contributed by atoms with Crippen molar-refractivity contribution in [3.63, 3.8) is 0 Å². The van der Waals surface area contributed by atoms with Crippen LogP contribution in [0.5, 0.6) is 0 Å². The van der Waals surface area contributed by atoms with E-state index in [0.717, 1.165) is 0 Å². The third kappa shape index (κ3) is 3.57. The molecule has 0 radical (unpaired) electrons. The fourth-order valence-corrected chi connectivity index (χ4v) is 2.43. The molecule has 1 aromatic carbocycles. The molecule has 0 aliphatic rings. The van der Waals surface area contributed by atoms with Crippen LogP contribution in [0.2, 0.25) is 0 Å². The molecular formula is C13H14BrNO4. The van der Waals surface area contributed by atoms with Crippen molar-refractivity contribution in [2.75, 3.05) is 11.9 Å². The predicted molar refractivity (Wildman–Crippen MR) is 75.7 cm³/mol. The number of rotatable bonds is 4. The fourth-order valence-electron chi connectivity index (χ4n) is 1.69. The van der Waals surface area contributed by atoms with Crippen LogP contribution in [0, 0.1) is 13.8 Å². The summed E-state index contributed by atoms with van der Waals surface area (Å²) in [6.45, 7) is 6.84. The van der Waals surface area contributed by atoms with E-state index < -0.39 is 12.1 Å². The SMILES string of the molecule is C=CCOC(=O)Nc1c(Br)cc(C)c(C(=O)O)c1C. The van der Waals surface area contributed by atoms with Crippen LogP contribution >= 0.6 is 15.9 Å². The standard InChI is InChI=1S/C13H14BrNO4/c1-4-5-19-13(18)15-11-8(3)10(12(16)17)7(2)6-9(11)14/h4,6H,1,5H2,2-3H3,(H,15,18)(H,16,17). The Balaban J connectivity index is 3.14. The Bertz CT molecular complexity index is 540. The second-order valence-electron chi connectivity index (χ2n) is 3.87. The van der Waals surface area contributed by atoms with Crippen LogP contribution in [0.3, 0.4) is 0 Å². The number of anilines is 1. The van der Waals surface area contributed by atoms with Crippen molar-refractivity contribution >= 4 is 33.7 Å². The average Bonchev–Trinajstić information content (AvgIpc) is 2.31. The van der Waals surface area contributed by atoms with Gasteiger partial charge in [-0.05, 0) is 47.0 Å². The Morgan fingerprint density at radius 3 is 2.68 bits per heavy atom. The minimum atomic E-state index is -1.04. The monoisotopic (exact) mass is 327 g/mol. The Morgan fingerprint density at radius 1 is 1.53 bits per heavy atom. The molecule has 102 valence electrons. The molecule has 6 heteroatoms. The summed E-state index contributed by atoms with van der Waals surface area (Å²) in [6, 6.07) is 1.64. The molecule has 0 saturated heterocycles. The van der Waals surface area contributed by atoms with Gasteiger partial charge in [0.15, 0.2) is 0 Å².